The zero-order valence-corrected chi connectivity index (χ0v) is 26.6. The van der Waals surface area contributed by atoms with Gasteiger partial charge in [-0.05, 0) is 37.8 Å². The predicted octanol–water partition coefficient (Wildman–Crippen LogP) is 3.68. The molecule has 0 bridgehead atoms. The molecule has 1 aliphatic rings. The lowest BCUT2D eigenvalue weighted by molar-refractivity contribution is -0.141. The highest BCUT2D eigenvalue weighted by molar-refractivity contribution is 5.94. The number of carbonyl (C=O) groups is 3. The second-order valence-electron chi connectivity index (χ2n) is 13.1. The summed E-state index contributed by atoms with van der Waals surface area (Å²) in [5.74, 6) is -0.398. The third-order valence-electron chi connectivity index (χ3n) is 7.97. The fraction of sp³-hybridized carbons (Fsp3) is 0.656. The Hall–Kier alpha value is -2.71. The van der Waals surface area contributed by atoms with Crippen molar-refractivity contribution < 1.29 is 19.1 Å². The topological polar surface area (TPSA) is 91.0 Å². The minimum Gasteiger partial charge on any atom is -0.378 e. The molecule has 1 heterocycles. The Morgan fingerprint density at radius 2 is 1.65 bits per heavy atom. The number of nitrogens with zero attached hydrogens (tertiary/aromatic N) is 2. The number of likely N-dealkylation sites (N-methyl/N-ethyl adjacent to an activating group) is 2. The van der Waals surface area contributed by atoms with Crippen LogP contribution in [0.15, 0.2) is 35.9 Å². The summed E-state index contributed by atoms with van der Waals surface area (Å²) in [5, 5.41) is 6.30. The van der Waals surface area contributed by atoms with E-state index in [1.54, 1.807) is 30.8 Å². The molecule has 1 aromatic carbocycles. The Kier molecular flexibility index (Phi) is 11.5. The van der Waals surface area contributed by atoms with Gasteiger partial charge in [0, 0.05) is 31.1 Å². The standard InChI is InChI=1S/C32H52N4O4/c1-21(2)25(20-23(4)29(38)36-15-17-40-18-16-36)35(11)30(39)27(31(5,6)7)34-28(37)26(33-10)32(8,9)24-14-12-13-22(3)19-24/h12-14,19-21,25-27,33H,15-18H2,1-11H3,(H,34,37)/b23-20+/t25-,26-,27-/m1/s1. The van der Waals surface area contributed by atoms with Crippen molar-refractivity contribution in [2.45, 2.75) is 85.9 Å². The summed E-state index contributed by atoms with van der Waals surface area (Å²) in [5.41, 5.74) is 1.70. The van der Waals surface area contributed by atoms with Crippen LogP contribution in [-0.4, -0.2) is 86.0 Å². The largest absolute Gasteiger partial charge is 0.378 e. The van der Waals surface area contributed by atoms with Crippen LogP contribution in [0.4, 0.5) is 0 Å². The van der Waals surface area contributed by atoms with Gasteiger partial charge in [0.15, 0.2) is 0 Å². The zero-order valence-electron chi connectivity index (χ0n) is 26.6. The summed E-state index contributed by atoms with van der Waals surface area (Å²) in [4.78, 5) is 44.4. The summed E-state index contributed by atoms with van der Waals surface area (Å²) in [6.45, 7) is 20.0. The first-order valence-corrected chi connectivity index (χ1v) is 14.4. The van der Waals surface area contributed by atoms with E-state index in [-0.39, 0.29) is 29.7 Å². The van der Waals surface area contributed by atoms with Gasteiger partial charge in [-0.2, -0.15) is 0 Å². The molecule has 1 fully saturated rings. The van der Waals surface area contributed by atoms with E-state index < -0.39 is 22.9 Å². The molecule has 0 spiro atoms. The Balaban J connectivity index is 2.32. The van der Waals surface area contributed by atoms with Gasteiger partial charge in [0.05, 0.1) is 25.3 Å². The summed E-state index contributed by atoms with van der Waals surface area (Å²) >= 11 is 0. The molecule has 1 aliphatic heterocycles. The molecule has 0 unspecified atom stereocenters. The number of nitrogens with one attached hydrogen (secondary N) is 2. The molecular formula is C32H52N4O4. The first-order valence-electron chi connectivity index (χ1n) is 14.4. The van der Waals surface area contributed by atoms with Gasteiger partial charge in [-0.15, -0.1) is 0 Å². The van der Waals surface area contributed by atoms with Gasteiger partial charge in [0.2, 0.25) is 17.7 Å². The van der Waals surface area contributed by atoms with E-state index in [0.29, 0.717) is 31.9 Å². The molecule has 3 atom stereocenters. The molecule has 8 nitrogen and oxygen atoms in total. The van der Waals surface area contributed by atoms with Crippen LogP contribution in [0, 0.1) is 18.3 Å². The van der Waals surface area contributed by atoms with Gasteiger partial charge in [-0.1, -0.05) is 84.4 Å². The monoisotopic (exact) mass is 556 g/mol. The highest BCUT2D eigenvalue weighted by atomic mass is 16.5. The normalized spacial score (nSPS) is 17.3. The van der Waals surface area contributed by atoms with Crippen molar-refractivity contribution in [3.8, 4) is 0 Å². The lowest BCUT2D eigenvalue weighted by Crippen LogP contribution is -2.61. The fourth-order valence-electron chi connectivity index (χ4n) is 5.35. The molecule has 8 heteroatoms. The molecule has 0 aliphatic carbocycles. The number of morpholine rings is 1. The summed E-state index contributed by atoms with van der Waals surface area (Å²) in [6, 6.07) is 6.52. The zero-order chi connectivity index (χ0) is 30.4. The van der Waals surface area contributed by atoms with Crippen molar-refractivity contribution in [2.24, 2.45) is 11.3 Å². The Morgan fingerprint density at radius 1 is 1.05 bits per heavy atom. The quantitative estimate of drug-likeness (QED) is 0.429. The number of ether oxygens (including phenoxy) is 1. The fourth-order valence-corrected chi connectivity index (χ4v) is 5.35. The van der Waals surface area contributed by atoms with E-state index in [4.69, 9.17) is 4.74 Å². The number of aryl methyl sites for hydroxylation is 1. The molecule has 40 heavy (non-hydrogen) atoms. The van der Waals surface area contributed by atoms with E-state index in [0.717, 1.165) is 11.1 Å². The third kappa shape index (κ3) is 8.16. The maximum absolute atomic E-state index is 14.0. The van der Waals surface area contributed by atoms with Crippen molar-refractivity contribution in [1.29, 1.82) is 0 Å². The third-order valence-corrected chi connectivity index (χ3v) is 7.97. The van der Waals surface area contributed by atoms with Crippen molar-refractivity contribution in [3.63, 3.8) is 0 Å². The van der Waals surface area contributed by atoms with Crippen LogP contribution >= 0.6 is 0 Å². The van der Waals surface area contributed by atoms with Crippen LogP contribution in [-0.2, 0) is 24.5 Å². The molecule has 1 aromatic rings. The average Bonchev–Trinajstić information content (AvgIpc) is 2.88. The number of rotatable bonds is 10. The first kappa shape index (κ1) is 33.5. The van der Waals surface area contributed by atoms with Crippen LogP contribution in [0.2, 0.25) is 0 Å². The summed E-state index contributed by atoms with van der Waals surface area (Å²) in [6.07, 6.45) is 1.89. The average molecular weight is 557 g/mol. The lowest BCUT2D eigenvalue weighted by atomic mass is 9.76. The van der Waals surface area contributed by atoms with Crippen LogP contribution in [0.3, 0.4) is 0 Å². The van der Waals surface area contributed by atoms with Gasteiger partial charge >= 0.3 is 0 Å². The number of hydrogen-bond acceptors (Lipinski definition) is 5. The maximum Gasteiger partial charge on any atom is 0.249 e. The minimum atomic E-state index is -0.765. The number of hydrogen-bond donors (Lipinski definition) is 2. The van der Waals surface area contributed by atoms with Gasteiger partial charge in [0.1, 0.15) is 6.04 Å². The smallest absolute Gasteiger partial charge is 0.249 e. The van der Waals surface area contributed by atoms with E-state index in [1.807, 2.05) is 79.7 Å². The van der Waals surface area contributed by atoms with Crippen LogP contribution in [0.5, 0.6) is 0 Å². The number of benzene rings is 1. The molecule has 0 radical (unpaired) electrons. The molecule has 3 amide bonds. The predicted molar refractivity (Wildman–Crippen MR) is 161 cm³/mol. The second-order valence-corrected chi connectivity index (χ2v) is 13.1. The van der Waals surface area contributed by atoms with Gasteiger partial charge in [-0.3, -0.25) is 14.4 Å². The van der Waals surface area contributed by atoms with Gasteiger partial charge < -0.3 is 25.2 Å². The van der Waals surface area contributed by atoms with E-state index >= 15 is 0 Å². The van der Waals surface area contributed by atoms with Crippen molar-refractivity contribution in [1.82, 2.24) is 20.4 Å². The Bertz CT molecular complexity index is 1070. The van der Waals surface area contributed by atoms with Crippen LogP contribution in [0.25, 0.3) is 0 Å². The molecule has 1 saturated heterocycles. The molecule has 0 aromatic heterocycles. The van der Waals surface area contributed by atoms with Crippen molar-refractivity contribution >= 4 is 17.7 Å². The molecular weight excluding hydrogens is 504 g/mol. The molecule has 224 valence electrons. The van der Waals surface area contributed by atoms with Crippen molar-refractivity contribution in [3.05, 3.63) is 47.0 Å². The molecule has 2 rings (SSSR count). The second kappa shape index (κ2) is 13.8. The van der Waals surface area contributed by atoms with E-state index in [9.17, 15) is 14.4 Å². The number of amides is 3. The minimum absolute atomic E-state index is 0.0364. The van der Waals surface area contributed by atoms with Gasteiger partial charge in [-0.25, -0.2) is 0 Å². The van der Waals surface area contributed by atoms with E-state index in [1.165, 1.54) is 0 Å². The number of carbonyl (C=O) groups excluding carboxylic acids is 3. The summed E-state index contributed by atoms with van der Waals surface area (Å²) in [7, 11) is 3.53. The van der Waals surface area contributed by atoms with Gasteiger partial charge in [0.25, 0.3) is 0 Å². The maximum atomic E-state index is 14.0. The Labute approximate surface area is 241 Å². The molecule has 0 saturated carbocycles. The lowest BCUT2D eigenvalue weighted by Gasteiger charge is -2.40. The van der Waals surface area contributed by atoms with Crippen LogP contribution < -0.4 is 10.6 Å². The highest BCUT2D eigenvalue weighted by Gasteiger charge is 2.41. The first-order chi connectivity index (χ1) is 18.5. The Morgan fingerprint density at radius 3 is 2.15 bits per heavy atom. The summed E-state index contributed by atoms with van der Waals surface area (Å²) < 4.78 is 5.38. The highest BCUT2D eigenvalue weighted by Crippen LogP contribution is 2.29. The van der Waals surface area contributed by atoms with Crippen LogP contribution in [0.1, 0.15) is 66.5 Å². The van der Waals surface area contributed by atoms with Crippen molar-refractivity contribution in [2.75, 3.05) is 40.4 Å². The SMILES string of the molecule is CN[C@H](C(=O)N[C@H](C(=O)N(C)[C@H](/C=C(\C)C(=O)N1CCOCC1)C(C)C)C(C)(C)C)C(C)(C)c1cccc(C)c1. The van der Waals surface area contributed by atoms with E-state index in [2.05, 4.69) is 16.7 Å². The molecule has 2 N–H and O–H groups in total.